The Morgan fingerprint density at radius 1 is 1.45 bits per heavy atom. The van der Waals surface area contributed by atoms with Crippen molar-refractivity contribution in [3.63, 3.8) is 0 Å². The Hall–Kier alpha value is -2.42. The van der Waals surface area contributed by atoms with E-state index in [0.717, 1.165) is 10.4 Å². The molecule has 4 nitrogen and oxygen atoms in total. The highest BCUT2D eigenvalue weighted by molar-refractivity contribution is 7.10. The number of thiophene rings is 1. The Labute approximate surface area is 133 Å². The maximum absolute atomic E-state index is 11.8. The van der Waals surface area contributed by atoms with E-state index >= 15 is 0 Å². The number of aliphatic hydroxyl groups is 1. The lowest BCUT2D eigenvalue weighted by molar-refractivity contribution is -0.117. The molecule has 112 valence electrons. The normalized spacial score (nSPS) is 13.5. The van der Waals surface area contributed by atoms with Crippen molar-refractivity contribution in [2.45, 2.75) is 12.5 Å². The van der Waals surface area contributed by atoms with Crippen molar-refractivity contribution >= 4 is 23.3 Å². The van der Waals surface area contributed by atoms with E-state index in [1.165, 1.54) is 17.4 Å². The topological polar surface area (TPSA) is 73.1 Å². The molecule has 0 aliphatic rings. The first kappa shape index (κ1) is 16.0. The molecule has 1 atom stereocenters. The summed E-state index contributed by atoms with van der Waals surface area (Å²) in [6, 6.07) is 12.7. The monoisotopic (exact) mass is 312 g/mol. The molecule has 1 heterocycles. The number of nitrogens with zero attached hydrogens (tertiary/aromatic N) is 1. The van der Waals surface area contributed by atoms with E-state index in [1.807, 2.05) is 29.6 Å². The molecule has 2 N–H and O–H groups in total. The van der Waals surface area contributed by atoms with E-state index in [2.05, 4.69) is 5.32 Å². The third-order valence-electron chi connectivity index (χ3n) is 3.10. The fourth-order valence-electron chi connectivity index (χ4n) is 1.87. The van der Waals surface area contributed by atoms with Gasteiger partial charge in [0, 0.05) is 11.0 Å². The van der Waals surface area contributed by atoms with Gasteiger partial charge in [0.1, 0.15) is 5.60 Å². The van der Waals surface area contributed by atoms with Gasteiger partial charge in [-0.15, -0.1) is 11.3 Å². The summed E-state index contributed by atoms with van der Waals surface area (Å²) in [5.74, 6) is -0.292. The molecule has 1 amide bonds. The quantitative estimate of drug-likeness (QED) is 0.834. The second-order valence-electron chi connectivity index (χ2n) is 5.04. The van der Waals surface area contributed by atoms with E-state index in [4.69, 9.17) is 5.26 Å². The lowest BCUT2D eigenvalue weighted by Crippen LogP contribution is -2.37. The summed E-state index contributed by atoms with van der Waals surface area (Å²) in [5, 5.41) is 23.7. The lowest BCUT2D eigenvalue weighted by Gasteiger charge is -2.21. The van der Waals surface area contributed by atoms with Crippen LogP contribution in [0.25, 0.3) is 6.08 Å². The van der Waals surface area contributed by atoms with Gasteiger partial charge in [0.05, 0.1) is 18.2 Å². The zero-order valence-electron chi connectivity index (χ0n) is 12.1. The van der Waals surface area contributed by atoms with Crippen molar-refractivity contribution in [1.82, 2.24) is 5.32 Å². The minimum Gasteiger partial charge on any atom is -0.383 e. The molecule has 0 bridgehead atoms. The van der Waals surface area contributed by atoms with Crippen LogP contribution < -0.4 is 5.32 Å². The fraction of sp³-hybridized carbons (Fsp3) is 0.176. The summed E-state index contributed by atoms with van der Waals surface area (Å²) >= 11 is 1.45. The van der Waals surface area contributed by atoms with Crippen molar-refractivity contribution in [2.75, 3.05) is 6.54 Å². The fourth-order valence-corrected chi connectivity index (χ4v) is 2.66. The summed E-state index contributed by atoms with van der Waals surface area (Å²) in [6.07, 6.45) is 3.02. The summed E-state index contributed by atoms with van der Waals surface area (Å²) in [6.45, 7) is 1.80. The van der Waals surface area contributed by atoms with Crippen molar-refractivity contribution in [3.05, 3.63) is 63.9 Å². The number of carbonyl (C=O) groups is 1. The Kier molecular flexibility index (Phi) is 5.10. The van der Waals surface area contributed by atoms with Crippen molar-refractivity contribution < 1.29 is 9.90 Å². The molecule has 0 aliphatic heterocycles. The Morgan fingerprint density at radius 3 is 2.95 bits per heavy atom. The standard InChI is InChI=1S/C17H16N2O2S/c1-17(21,15-6-3-9-22-15)12-19-16(20)8-7-13-4-2-5-14(10-13)11-18/h2-10,21H,12H2,1H3,(H,19,20)/b8-7+/t17-/m0/s1. The molecule has 0 saturated carbocycles. The lowest BCUT2D eigenvalue weighted by atomic mass is 10.1. The molecular formula is C17H16N2O2S. The first-order valence-electron chi connectivity index (χ1n) is 6.74. The number of nitrogens with one attached hydrogen (secondary N) is 1. The third kappa shape index (κ3) is 4.29. The van der Waals surface area contributed by atoms with Gasteiger partial charge in [-0.1, -0.05) is 18.2 Å². The summed E-state index contributed by atoms with van der Waals surface area (Å²) < 4.78 is 0. The maximum atomic E-state index is 11.8. The third-order valence-corrected chi connectivity index (χ3v) is 4.22. The van der Waals surface area contributed by atoms with Crippen LogP contribution in [0.5, 0.6) is 0 Å². The van der Waals surface area contributed by atoms with Gasteiger partial charge in [0.15, 0.2) is 0 Å². The highest BCUT2D eigenvalue weighted by atomic mass is 32.1. The largest absolute Gasteiger partial charge is 0.383 e. The molecule has 0 radical (unpaired) electrons. The number of amides is 1. The van der Waals surface area contributed by atoms with Gasteiger partial charge in [-0.3, -0.25) is 4.79 Å². The van der Waals surface area contributed by atoms with Crippen LogP contribution in [-0.4, -0.2) is 17.6 Å². The molecule has 0 spiro atoms. The molecular weight excluding hydrogens is 296 g/mol. The summed E-state index contributed by atoms with van der Waals surface area (Å²) in [5.41, 5.74) is 0.237. The molecule has 1 aromatic carbocycles. The Balaban J connectivity index is 1.93. The Bertz CT molecular complexity index is 713. The van der Waals surface area contributed by atoms with Crippen LogP contribution in [0.4, 0.5) is 0 Å². The van der Waals surface area contributed by atoms with E-state index in [0.29, 0.717) is 5.56 Å². The minimum atomic E-state index is -1.08. The molecule has 0 fully saturated rings. The van der Waals surface area contributed by atoms with E-state index in [9.17, 15) is 9.90 Å². The van der Waals surface area contributed by atoms with Gasteiger partial charge in [0.2, 0.25) is 5.91 Å². The van der Waals surface area contributed by atoms with E-state index in [-0.39, 0.29) is 12.5 Å². The van der Waals surface area contributed by atoms with E-state index < -0.39 is 5.60 Å². The summed E-state index contributed by atoms with van der Waals surface area (Å²) in [4.78, 5) is 12.6. The molecule has 2 rings (SSSR count). The molecule has 2 aromatic rings. The number of rotatable bonds is 5. The van der Waals surface area contributed by atoms with Gasteiger partial charge < -0.3 is 10.4 Å². The van der Waals surface area contributed by atoms with Crippen LogP contribution >= 0.6 is 11.3 Å². The average molecular weight is 312 g/mol. The van der Waals surface area contributed by atoms with Crippen LogP contribution in [0, 0.1) is 11.3 Å². The number of hydrogen-bond acceptors (Lipinski definition) is 4. The summed E-state index contributed by atoms with van der Waals surface area (Å²) in [7, 11) is 0. The number of benzene rings is 1. The number of nitriles is 1. The number of carbonyl (C=O) groups excluding carboxylic acids is 1. The predicted octanol–water partition coefficient (Wildman–Crippen LogP) is 2.66. The van der Waals surface area contributed by atoms with Crippen molar-refractivity contribution in [3.8, 4) is 6.07 Å². The van der Waals surface area contributed by atoms with Gasteiger partial charge in [-0.25, -0.2) is 0 Å². The average Bonchev–Trinajstić information content (AvgIpc) is 3.06. The molecule has 1 aromatic heterocycles. The molecule has 5 heteroatoms. The highest BCUT2D eigenvalue weighted by Crippen LogP contribution is 2.24. The highest BCUT2D eigenvalue weighted by Gasteiger charge is 2.24. The second kappa shape index (κ2) is 7.03. The van der Waals surface area contributed by atoms with Crippen molar-refractivity contribution in [1.29, 1.82) is 5.26 Å². The first-order valence-corrected chi connectivity index (χ1v) is 7.62. The smallest absolute Gasteiger partial charge is 0.244 e. The molecule has 0 aliphatic carbocycles. The zero-order valence-corrected chi connectivity index (χ0v) is 12.9. The first-order chi connectivity index (χ1) is 10.5. The van der Waals surface area contributed by atoms with Crippen LogP contribution in [-0.2, 0) is 10.4 Å². The van der Waals surface area contributed by atoms with Gasteiger partial charge in [-0.2, -0.15) is 5.26 Å². The Morgan fingerprint density at radius 2 is 2.27 bits per heavy atom. The SMILES string of the molecule is C[C@](O)(CNC(=O)/C=C/c1cccc(C#N)c1)c1cccs1. The molecule has 0 unspecified atom stereocenters. The van der Waals surface area contributed by atoms with Gasteiger partial charge in [0.25, 0.3) is 0 Å². The predicted molar refractivity (Wildman–Crippen MR) is 87.1 cm³/mol. The van der Waals surface area contributed by atoms with Crippen LogP contribution in [0.1, 0.15) is 22.9 Å². The van der Waals surface area contributed by atoms with E-state index in [1.54, 1.807) is 31.2 Å². The van der Waals surface area contributed by atoms with Gasteiger partial charge >= 0.3 is 0 Å². The molecule has 0 saturated heterocycles. The van der Waals surface area contributed by atoms with Crippen molar-refractivity contribution in [2.24, 2.45) is 0 Å². The second-order valence-corrected chi connectivity index (χ2v) is 5.99. The number of hydrogen-bond donors (Lipinski definition) is 2. The van der Waals surface area contributed by atoms with Crippen LogP contribution in [0.2, 0.25) is 0 Å². The van der Waals surface area contributed by atoms with Crippen LogP contribution in [0.3, 0.4) is 0 Å². The van der Waals surface area contributed by atoms with Crippen LogP contribution in [0.15, 0.2) is 47.9 Å². The minimum absolute atomic E-state index is 0.134. The zero-order chi connectivity index (χ0) is 16.0. The van der Waals surface area contributed by atoms with Gasteiger partial charge in [-0.05, 0) is 42.1 Å². The maximum Gasteiger partial charge on any atom is 0.244 e. The molecule has 22 heavy (non-hydrogen) atoms.